The van der Waals surface area contributed by atoms with E-state index in [0.717, 1.165) is 0 Å². The number of carboxylic acids is 1. The summed E-state index contributed by atoms with van der Waals surface area (Å²) in [4.78, 5) is 8.78. The first-order valence-corrected chi connectivity index (χ1v) is 9.80. The van der Waals surface area contributed by atoms with Crippen molar-refractivity contribution in [3.05, 3.63) is 0 Å². The van der Waals surface area contributed by atoms with Gasteiger partial charge >= 0.3 is 52.2 Å². The molecule has 6 heteroatoms. The Morgan fingerprint density at radius 3 is 1.58 bits per heavy atom. The van der Waals surface area contributed by atoms with Crippen molar-refractivity contribution in [2.75, 3.05) is 0 Å². The van der Waals surface area contributed by atoms with E-state index in [-0.39, 0.29) is 24.2 Å². The Bertz CT molecular complexity index is 122. The van der Waals surface area contributed by atoms with Gasteiger partial charge in [-0.05, 0) is 0 Å². The second kappa shape index (κ2) is 7.81. The fraction of sp³-hybridized carbons (Fsp3) is 0.833. The molecule has 0 unspecified atom stereocenters. The van der Waals surface area contributed by atoms with Gasteiger partial charge in [-0.3, -0.25) is 0 Å². The third-order valence-electron chi connectivity index (χ3n) is 0.809. The Hall–Kier alpha value is 0.182. The monoisotopic (exact) mass is 376 g/mol. The van der Waals surface area contributed by atoms with Gasteiger partial charge in [0.05, 0.1) is 0 Å². The molecule has 0 radical (unpaired) electrons. The number of halogens is 3. The van der Waals surface area contributed by atoms with Gasteiger partial charge in [-0.1, -0.05) is 0 Å². The Morgan fingerprint density at radius 2 is 1.58 bits per heavy atom. The molecule has 0 heterocycles. The number of hydrogen-bond donors (Lipinski definition) is 0. The van der Waals surface area contributed by atoms with Crippen LogP contribution in [-0.2, 0) is 4.79 Å². The van der Waals surface area contributed by atoms with Crippen LogP contribution >= 0.6 is 0 Å². The van der Waals surface area contributed by atoms with E-state index >= 15 is 0 Å². The number of aliphatic carboxylic acids is 1. The topological polar surface area (TPSA) is 40.1 Å². The molecule has 0 atom stereocenters. The Morgan fingerprint density at radius 1 is 1.33 bits per heavy atom. The summed E-state index contributed by atoms with van der Waals surface area (Å²) in [5, 5.41) is 8.78. The molecule has 0 aliphatic rings. The zero-order valence-corrected chi connectivity index (χ0v) is 11.4. The number of carboxylic acid groups (broad SMARTS) is 1. The van der Waals surface area contributed by atoms with Crippen molar-refractivity contribution in [3.8, 4) is 0 Å². The number of rotatable bonds is 2. The maximum Gasteiger partial charge on any atom is 0.430 e. The molecular weight excluding hydrogens is 365 g/mol. The van der Waals surface area contributed by atoms with E-state index in [1.807, 2.05) is 0 Å². The van der Waals surface area contributed by atoms with Gasteiger partial charge in [0, 0.05) is 0 Å². The molecule has 0 aromatic carbocycles. The zero-order chi connectivity index (χ0) is 10.2. The van der Waals surface area contributed by atoms with Crippen molar-refractivity contribution < 1.29 is 23.1 Å². The van der Waals surface area contributed by atoms with Crippen molar-refractivity contribution >= 4 is 30.2 Å². The molecular formula is C6H10F3O2Tl. The van der Waals surface area contributed by atoms with Gasteiger partial charge in [0.15, 0.2) is 0 Å². The van der Waals surface area contributed by atoms with Crippen molar-refractivity contribution in [2.45, 2.75) is 28.0 Å². The van der Waals surface area contributed by atoms with E-state index in [0.29, 0.717) is 0 Å². The molecule has 0 amide bonds. The molecule has 12 heavy (non-hydrogen) atoms. The van der Waals surface area contributed by atoms with Gasteiger partial charge in [-0.2, -0.15) is 13.2 Å². The number of carbonyl (C=O) groups is 1. The molecule has 0 aromatic rings. The normalized spacial score (nSPS) is 9.42. The van der Waals surface area contributed by atoms with Crippen LogP contribution in [0.5, 0.6) is 0 Å². The van der Waals surface area contributed by atoms with Gasteiger partial charge in [-0.15, -0.1) is 0 Å². The summed E-state index contributed by atoms with van der Waals surface area (Å²) < 4.78 is 34.7. The second-order valence-corrected chi connectivity index (χ2v) is 10.5. The first-order chi connectivity index (χ1) is 5.36. The number of alkyl halides is 3. The molecule has 0 rings (SSSR count). The molecule has 0 aliphatic carbocycles. The van der Waals surface area contributed by atoms with E-state index in [2.05, 4.69) is 13.8 Å². The summed E-state index contributed by atoms with van der Waals surface area (Å²) >= 11 is -0.0463. The van der Waals surface area contributed by atoms with Gasteiger partial charge in [0.2, 0.25) is 0 Å². The van der Waals surface area contributed by atoms with Crippen LogP contribution in [0.4, 0.5) is 13.2 Å². The third kappa shape index (κ3) is 12.8. The summed E-state index contributed by atoms with van der Waals surface area (Å²) in [6.45, 7) is 4.61. The molecule has 0 aromatic heterocycles. The van der Waals surface area contributed by atoms with Crippen molar-refractivity contribution in [3.63, 3.8) is 0 Å². The summed E-state index contributed by atoms with van der Waals surface area (Å²) in [6, 6.07) is 0. The molecule has 70 valence electrons. The van der Waals surface area contributed by atoms with Crippen molar-refractivity contribution in [1.29, 1.82) is 0 Å². The largest absolute Gasteiger partial charge is 0.542 e. The number of hydrogen-bond acceptors (Lipinski definition) is 2. The van der Waals surface area contributed by atoms with Crippen molar-refractivity contribution in [1.82, 2.24) is 0 Å². The molecule has 0 aliphatic heterocycles. The van der Waals surface area contributed by atoms with Crippen LogP contribution in [0.25, 0.3) is 0 Å². The molecule has 0 spiro atoms. The van der Waals surface area contributed by atoms with E-state index in [1.54, 1.807) is 7.96 Å². The third-order valence-corrected chi connectivity index (χ3v) is 5.30. The van der Waals surface area contributed by atoms with Gasteiger partial charge < -0.3 is 9.90 Å². The fourth-order valence-electron chi connectivity index (χ4n) is 0.289. The van der Waals surface area contributed by atoms with Crippen LogP contribution in [0, 0.1) is 0 Å². The van der Waals surface area contributed by atoms with E-state index in [4.69, 9.17) is 9.90 Å². The maximum atomic E-state index is 10.5. The zero-order valence-electron chi connectivity index (χ0n) is 6.94. The van der Waals surface area contributed by atoms with Crippen molar-refractivity contribution in [2.24, 2.45) is 0 Å². The van der Waals surface area contributed by atoms with Crippen LogP contribution in [0.3, 0.4) is 0 Å². The van der Waals surface area contributed by atoms with Gasteiger partial charge in [-0.25, -0.2) is 0 Å². The smallest absolute Gasteiger partial charge is 0.430 e. The minimum Gasteiger partial charge on any atom is -0.542 e. The minimum atomic E-state index is -5.19. The Balaban J connectivity index is 0. The fourth-order valence-corrected chi connectivity index (χ4v) is 2.53. The van der Waals surface area contributed by atoms with Gasteiger partial charge in [0.25, 0.3) is 0 Å². The first kappa shape index (κ1) is 14.7. The average molecular weight is 376 g/mol. The Kier molecular flexibility index (Phi) is 9.56. The molecule has 0 saturated heterocycles. The van der Waals surface area contributed by atoms with Crippen LogP contribution in [0.2, 0.25) is 7.96 Å². The molecule has 0 N–H and O–H groups in total. The minimum absolute atomic E-state index is 0.0463. The predicted octanol–water partition coefficient (Wildman–Crippen LogP) is 0.866. The average Bonchev–Trinajstić information content (AvgIpc) is 1.88. The molecule has 2 nitrogen and oxygen atoms in total. The Labute approximate surface area is 81.4 Å². The molecule has 0 saturated carbocycles. The predicted molar refractivity (Wildman–Crippen MR) is 37.8 cm³/mol. The molecule has 0 bridgehead atoms. The summed E-state index contributed by atoms with van der Waals surface area (Å²) in [5.74, 6) is -3.01. The first-order valence-electron chi connectivity index (χ1n) is 3.46. The summed E-state index contributed by atoms with van der Waals surface area (Å²) in [7, 11) is 0. The van der Waals surface area contributed by atoms with E-state index in [1.165, 1.54) is 0 Å². The summed E-state index contributed by atoms with van der Waals surface area (Å²) in [5.41, 5.74) is 0. The number of carbonyl (C=O) groups excluding carboxylic acids is 1. The van der Waals surface area contributed by atoms with Crippen LogP contribution < -0.4 is 5.11 Å². The van der Waals surface area contributed by atoms with E-state index < -0.39 is 12.1 Å². The SMILES string of the molecule is C[CH2][Tl+][CH2]C.O=C([O-])C(F)(F)F. The van der Waals surface area contributed by atoms with Crippen LogP contribution in [0.15, 0.2) is 0 Å². The standard InChI is InChI=1S/C2HF3O2.2C2H5.Tl/c3-2(4,5)1(6)7;2*1-2;/h(H,6,7);2*1H2,2H3;/q;;;+1/p-1. The summed E-state index contributed by atoms with van der Waals surface area (Å²) in [6.07, 6.45) is -5.19. The maximum absolute atomic E-state index is 10.5. The molecule has 0 fully saturated rings. The van der Waals surface area contributed by atoms with E-state index in [9.17, 15) is 13.2 Å². The quantitative estimate of drug-likeness (QED) is 0.672. The van der Waals surface area contributed by atoms with Crippen LogP contribution in [-0.4, -0.2) is 36.4 Å². The second-order valence-electron chi connectivity index (χ2n) is 1.89. The van der Waals surface area contributed by atoms with Gasteiger partial charge in [0.1, 0.15) is 5.97 Å². The van der Waals surface area contributed by atoms with Crippen LogP contribution in [0.1, 0.15) is 13.8 Å².